The first-order valence-corrected chi connectivity index (χ1v) is 11.9. The molecule has 0 radical (unpaired) electrons. The zero-order valence-corrected chi connectivity index (χ0v) is 19.8. The number of rotatable bonds is 5. The molecule has 0 N–H and O–H groups in total. The molecule has 2 aromatic heterocycles. The Kier molecular flexibility index (Phi) is 6.70. The van der Waals surface area contributed by atoms with Gasteiger partial charge in [-0.3, -0.25) is 9.78 Å². The highest BCUT2D eigenvalue weighted by atomic mass is 19.4. The van der Waals surface area contributed by atoms with Gasteiger partial charge in [0.05, 0.1) is 19.2 Å². The van der Waals surface area contributed by atoms with Crippen molar-refractivity contribution in [3.8, 4) is 22.8 Å². The van der Waals surface area contributed by atoms with Gasteiger partial charge < -0.3 is 19.1 Å². The van der Waals surface area contributed by atoms with E-state index in [-0.39, 0.29) is 17.9 Å². The quantitative estimate of drug-likeness (QED) is 0.503. The van der Waals surface area contributed by atoms with E-state index in [1.54, 1.807) is 30.5 Å². The van der Waals surface area contributed by atoms with Crippen LogP contribution in [0.1, 0.15) is 24.8 Å². The molecule has 190 valence electrons. The largest absolute Gasteiger partial charge is 0.488 e. The van der Waals surface area contributed by atoms with Crippen LogP contribution in [-0.2, 0) is 15.7 Å². The smallest absolute Gasteiger partial charge is 0.421 e. The lowest BCUT2D eigenvalue weighted by atomic mass is 9.99. The molecule has 36 heavy (non-hydrogen) atoms. The molecule has 0 unspecified atom stereocenters. The van der Waals surface area contributed by atoms with Gasteiger partial charge in [-0.25, -0.2) is 4.98 Å². The highest BCUT2D eigenvalue weighted by molar-refractivity contribution is 5.95. The number of fused-ring (bicyclic) bond motifs is 1. The van der Waals surface area contributed by atoms with Crippen LogP contribution in [0.25, 0.3) is 22.0 Å². The Labute approximate surface area is 206 Å². The second-order valence-electron chi connectivity index (χ2n) is 9.02. The Balaban J connectivity index is 1.38. The molecule has 0 saturated carbocycles. The molecular formula is C26H26F3N3O4. The molecule has 2 fully saturated rings. The fraction of sp³-hybridized carbons (Fsp3) is 0.423. The van der Waals surface area contributed by atoms with Crippen LogP contribution in [0.15, 0.2) is 42.7 Å². The van der Waals surface area contributed by atoms with Crippen LogP contribution >= 0.6 is 0 Å². The molecule has 3 aromatic rings. The summed E-state index contributed by atoms with van der Waals surface area (Å²) in [5, 5.41) is 0.642. The molecule has 0 bridgehead atoms. The van der Waals surface area contributed by atoms with Gasteiger partial charge in [0.15, 0.2) is 0 Å². The maximum atomic E-state index is 13.6. The first-order valence-electron chi connectivity index (χ1n) is 11.9. The lowest BCUT2D eigenvalue weighted by Gasteiger charge is -2.26. The van der Waals surface area contributed by atoms with Gasteiger partial charge in [-0.05, 0) is 48.7 Å². The lowest BCUT2D eigenvalue weighted by Crippen LogP contribution is -2.38. The molecule has 0 aliphatic carbocycles. The Hall–Kier alpha value is -3.40. The minimum absolute atomic E-state index is 0.00602. The van der Waals surface area contributed by atoms with E-state index in [4.69, 9.17) is 14.2 Å². The van der Waals surface area contributed by atoms with E-state index in [0.717, 1.165) is 26.0 Å². The predicted molar refractivity (Wildman–Crippen MR) is 126 cm³/mol. The van der Waals surface area contributed by atoms with E-state index in [9.17, 15) is 18.0 Å². The van der Waals surface area contributed by atoms with E-state index in [1.807, 2.05) is 4.90 Å². The standard InChI is InChI=1S/C26H26F3N3O4/c1-34-24-22(26(27,28)29)12-17(14-31-24)20-4-8-30-23-3-2-18(13-21(20)23)36-19-5-9-32(15-19)25(33)16-6-10-35-11-7-16/h2-4,8,12-14,16,19H,5-7,9-11,15H2,1H3/t19-/m0/s1. The molecule has 0 spiro atoms. The number of hydrogen-bond acceptors (Lipinski definition) is 6. The molecule has 4 heterocycles. The summed E-state index contributed by atoms with van der Waals surface area (Å²) in [6.07, 6.45) is 0.340. The molecule has 7 nitrogen and oxygen atoms in total. The molecule has 2 aliphatic rings. The fourth-order valence-corrected chi connectivity index (χ4v) is 4.84. The monoisotopic (exact) mass is 501 g/mol. The molecule has 1 aromatic carbocycles. The third-order valence-electron chi connectivity index (χ3n) is 6.70. The summed E-state index contributed by atoms with van der Waals surface area (Å²) < 4.78 is 57.0. The summed E-state index contributed by atoms with van der Waals surface area (Å²) in [7, 11) is 1.16. The normalized spacial score (nSPS) is 19.0. The number of methoxy groups -OCH3 is 1. The zero-order chi connectivity index (χ0) is 25.3. The number of nitrogens with zero attached hydrogens (tertiary/aromatic N) is 3. The minimum atomic E-state index is -4.61. The second-order valence-corrected chi connectivity index (χ2v) is 9.02. The zero-order valence-electron chi connectivity index (χ0n) is 19.8. The average Bonchev–Trinajstić information content (AvgIpc) is 3.36. The summed E-state index contributed by atoms with van der Waals surface area (Å²) in [6.45, 7) is 2.38. The third kappa shape index (κ3) is 4.95. The molecule has 10 heteroatoms. The van der Waals surface area contributed by atoms with E-state index in [2.05, 4.69) is 9.97 Å². The fourth-order valence-electron chi connectivity index (χ4n) is 4.84. The number of hydrogen-bond donors (Lipinski definition) is 0. The number of benzene rings is 1. The van der Waals surface area contributed by atoms with Gasteiger partial charge in [0.2, 0.25) is 11.8 Å². The number of carbonyl (C=O) groups is 1. The highest BCUT2D eigenvalue weighted by Crippen LogP contribution is 2.39. The molecule has 1 atom stereocenters. The van der Waals surface area contributed by atoms with E-state index in [1.165, 1.54) is 6.20 Å². The number of pyridine rings is 2. The summed E-state index contributed by atoms with van der Waals surface area (Å²) in [5.74, 6) is 0.253. The molecule has 2 aliphatic heterocycles. The number of halogens is 3. The van der Waals surface area contributed by atoms with E-state index < -0.39 is 17.6 Å². The van der Waals surface area contributed by atoms with Gasteiger partial charge in [0, 0.05) is 55.4 Å². The number of likely N-dealkylation sites (tertiary alicyclic amines) is 1. The second kappa shape index (κ2) is 9.93. The van der Waals surface area contributed by atoms with Crippen molar-refractivity contribution in [3.05, 3.63) is 48.3 Å². The maximum absolute atomic E-state index is 13.6. The first-order chi connectivity index (χ1) is 17.3. The van der Waals surface area contributed by atoms with Gasteiger partial charge in [0.1, 0.15) is 17.4 Å². The van der Waals surface area contributed by atoms with Crippen molar-refractivity contribution in [1.29, 1.82) is 0 Å². The molecular weight excluding hydrogens is 475 g/mol. The summed E-state index contributed by atoms with van der Waals surface area (Å²) in [6, 6.07) is 8.02. The van der Waals surface area contributed by atoms with Crippen molar-refractivity contribution in [1.82, 2.24) is 14.9 Å². The predicted octanol–water partition coefficient (Wildman–Crippen LogP) is 4.73. The van der Waals surface area contributed by atoms with Crippen molar-refractivity contribution >= 4 is 16.8 Å². The molecule has 5 rings (SSSR count). The summed E-state index contributed by atoms with van der Waals surface area (Å²) in [5.41, 5.74) is 0.516. The lowest BCUT2D eigenvalue weighted by molar-refractivity contribution is -0.139. The summed E-state index contributed by atoms with van der Waals surface area (Å²) in [4.78, 5) is 22.9. The molecule has 1 amide bonds. The topological polar surface area (TPSA) is 73.8 Å². The Morgan fingerprint density at radius 1 is 1.11 bits per heavy atom. The summed E-state index contributed by atoms with van der Waals surface area (Å²) >= 11 is 0. The van der Waals surface area contributed by atoms with Crippen LogP contribution in [-0.4, -0.2) is 60.3 Å². The van der Waals surface area contributed by atoms with Gasteiger partial charge in [0.25, 0.3) is 0 Å². The number of aromatic nitrogens is 2. The minimum Gasteiger partial charge on any atom is -0.488 e. The number of alkyl halides is 3. The SMILES string of the molecule is COc1ncc(-c2ccnc3ccc(O[C@H]4CCN(C(=O)C5CCOCC5)C4)cc23)cc1C(F)(F)F. The van der Waals surface area contributed by atoms with Gasteiger partial charge in [-0.1, -0.05) is 0 Å². The van der Waals surface area contributed by atoms with Gasteiger partial charge in [-0.2, -0.15) is 13.2 Å². The van der Waals surface area contributed by atoms with Crippen LogP contribution in [0.3, 0.4) is 0 Å². The van der Waals surface area contributed by atoms with Crippen molar-refractivity contribution < 1.29 is 32.2 Å². The van der Waals surface area contributed by atoms with Crippen molar-refractivity contribution in [2.45, 2.75) is 31.5 Å². The van der Waals surface area contributed by atoms with Crippen LogP contribution in [0.4, 0.5) is 13.2 Å². The first kappa shape index (κ1) is 24.3. The van der Waals surface area contributed by atoms with Crippen LogP contribution < -0.4 is 9.47 Å². The number of amides is 1. The average molecular weight is 502 g/mol. The van der Waals surface area contributed by atoms with Crippen molar-refractivity contribution in [2.75, 3.05) is 33.4 Å². The Morgan fingerprint density at radius 2 is 1.92 bits per heavy atom. The molecule has 2 saturated heterocycles. The van der Waals surface area contributed by atoms with Crippen molar-refractivity contribution in [2.24, 2.45) is 5.92 Å². The maximum Gasteiger partial charge on any atom is 0.421 e. The van der Waals surface area contributed by atoms with E-state index >= 15 is 0 Å². The number of carbonyl (C=O) groups excluding carboxylic acids is 1. The van der Waals surface area contributed by atoms with Crippen LogP contribution in [0.5, 0.6) is 11.6 Å². The van der Waals surface area contributed by atoms with Gasteiger partial charge in [-0.15, -0.1) is 0 Å². The Bertz CT molecular complexity index is 1260. The van der Waals surface area contributed by atoms with Gasteiger partial charge >= 0.3 is 6.18 Å². The highest BCUT2D eigenvalue weighted by Gasteiger charge is 2.36. The van der Waals surface area contributed by atoms with Crippen LogP contribution in [0.2, 0.25) is 0 Å². The van der Waals surface area contributed by atoms with Crippen LogP contribution in [0, 0.1) is 5.92 Å². The van der Waals surface area contributed by atoms with Crippen molar-refractivity contribution in [3.63, 3.8) is 0 Å². The third-order valence-corrected chi connectivity index (χ3v) is 6.70. The number of ether oxygens (including phenoxy) is 3. The van der Waals surface area contributed by atoms with E-state index in [0.29, 0.717) is 60.5 Å². The Morgan fingerprint density at radius 3 is 2.67 bits per heavy atom.